The molecule has 1 amide bonds. The van der Waals surface area contributed by atoms with Gasteiger partial charge in [-0.2, -0.15) is 15.5 Å². The van der Waals surface area contributed by atoms with Gasteiger partial charge in [0, 0.05) is 72.5 Å². The van der Waals surface area contributed by atoms with E-state index in [1.165, 1.54) is 6.42 Å². The SMILES string of the molecule is COc1ccc(NC(=O)CCC2CC3CCCC(C2)N3c2ccc(-c3cc(-c4cnn(C)c4)cn4ncc(C#N)c34)cn2)cn1. The molecule has 0 saturated carbocycles. The van der Waals surface area contributed by atoms with Gasteiger partial charge in [0.15, 0.2) is 0 Å². The number of aryl methyl sites for hydroxylation is 1. The first-order valence-corrected chi connectivity index (χ1v) is 15.4. The fraction of sp³-hybridized carbons (Fsp3) is 0.353. The van der Waals surface area contributed by atoms with Crippen molar-refractivity contribution in [3.05, 3.63) is 73.1 Å². The molecule has 2 aliphatic heterocycles. The predicted molar refractivity (Wildman–Crippen MR) is 171 cm³/mol. The van der Waals surface area contributed by atoms with Crippen LogP contribution in [0.15, 0.2) is 67.5 Å². The van der Waals surface area contributed by atoms with Gasteiger partial charge in [-0.3, -0.25) is 9.48 Å². The molecule has 2 fully saturated rings. The molecule has 2 unspecified atom stereocenters. The topological polar surface area (TPSA) is 126 Å². The minimum Gasteiger partial charge on any atom is -0.481 e. The maximum absolute atomic E-state index is 12.7. The number of aromatic nitrogens is 6. The van der Waals surface area contributed by atoms with Gasteiger partial charge < -0.3 is 15.0 Å². The number of pyridine rings is 3. The van der Waals surface area contributed by atoms with E-state index in [4.69, 9.17) is 9.72 Å². The van der Waals surface area contributed by atoms with Gasteiger partial charge in [0.05, 0.1) is 42.5 Å². The second-order valence-electron chi connectivity index (χ2n) is 12.1. The summed E-state index contributed by atoms with van der Waals surface area (Å²) in [6.45, 7) is 0. The molecule has 0 spiro atoms. The van der Waals surface area contributed by atoms with E-state index in [0.29, 0.717) is 41.6 Å². The second kappa shape index (κ2) is 12.0. The largest absolute Gasteiger partial charge is 0.481 e. The Hall–Kier alpha value is -5.24. The molecule has 5 aromatic heterocycles. The number of carbonyl (C=O) groups excluding carboxylic acids is 1. The maximum Gasteiger partial charge on any atom is 0.224 e. The van der Waals surface area contributed by atoms with E-state index >= 15 is 0 Å². The number of rotatable bonds is 8. The van der Waals surface area contributed by atoms with Crippen LogP contribution in [0.1, 0.15) is 50.5 Å². The predicted octanol–water partition coefficient (Wildman–Crippen LogP) is 5.63. The fourth-order valence-corrected chi connectivity index (χ4v) is 7.09. The number of nitrogens with zero attached hydrogens (tertiary/aromatic N) is 8. The van der Waals surface area contributed by atoms with Crippen molar-refractivity contribution >= 4 is 22.9 Å². The maximum atomic E-state index is 12.7. The van der Waals surface area contributed by atoms with Crippen LogP contribution in [0.3, 0.4) is 0 Å². The van der Waals surface area contributed by atoms with E-state index in [0.717, 1.165) is 65.7 Å². The molecule has 7 heterocycles. The lowest BCUT2D eigenvalue weighted by Gasteiger charge is -2.49. The third-order valence-corrected chi connectivity index (χ3v) is 9.18. The van der Waals surface area contributed by atoms with Crippen molar-refractivity contribution < 1.29 is 9.53 Å². The molecule has 0 aromatic carbocycles. The van der Waals surface area contributed by atoms with Crippen molar-refractivity contribution in [2.75, 3.05) is 17.3 Å². The van der Waals surface area contributed by atoms with Crippen LogP contribution in [0.4, 0.5) is 11.5 Å². The number of nitriles is 1. The molecule has 45 heavy (non-hydrogen) atoms. The van der Waals surface area contributed by atoms with Crippen molar-refractivity contribution in [3.8, 4) is 34.2 Å². The molecule has 5 aromatic rings. The Balaban J connectivity index is 1.07. The summed E-state index contributed by atoms with van der Waals surface area (Å²) >= 11 is 0. The molecular weight excluding hydrogens is 566 g/mol. The van der Waals surface area contributed by atoms with Crippen molar-refractivity contribution in [1.29, 1.82) is 5.26 Å². The molecule has 0 aliphatic carbocycles. The number of hydrogen-bond donors (Lipinski definition) is 1. The van der Waals surface area contributed by atoms with Crippen LogP contribution in [0.25, 0.3) is 27.8 Å². The van der Waals surface area contributed by atoms with Crippen molar-refractivity contribution in [2.24, 2.45) is 13.0 Å². The molecular formula is C34H35N9O2. The van der Waals surface area contributed by atoms with Gasteiger partial charge in [0.25, 0.3) is 0 Å². The Morgan fingerprint density at radius 1 is 1.00 bits per heavy atom. The first-order chi connectivity index (χ1) is 22.0. The van der Waals surface area contributed by atoms with Gasteiger partial charge in [0.1, 0.15) is 11.9 Å². The molecule has 2 saturated heterocycles. The molecule has 11 heteroatoms. The molecule has 2 atom stereocenters. The Labute approximate surface area is 261 Å². The van der Waals surface area contributed by atoms with E-state index in [2.05, 4.69) is 49.7 Å². The highest BCUT2D eigenvalue weighted by Crippen LogP contribution is 2.41. The van der Waals surface area contributed by atoms with Crippen LogP contribution < -0.4 is 15.0 Å². The average Bonchev–Trinajstić information content (AvgIpc) is 3.69. The highest BCUT2D eigenvalue weighted by atomic mass is 16.5. The van der Waals surface area contributed by atoms with Gasteiger partial charge in [-0.25, -0.2) is 14.5 Å². The molecule has 2 bridgehead atoms. The summed E-state index contributed by atoms with van der Waals surface area (Å²) in [6, 6.07) is 13.0. The lowest BCUT2D eigenvalue weighted by molar-refractivity contribution is -0.116. The number of carbonyl (C=O) groups is 1. The third-order valence-electron chi connectivity index (χ3n) is 9.18. The first-order valence-electron chi connectivity index (χ1n) is 15.4. The number of methoxy groups -OCH3 is 1. The van der Waals surface area contributed by atoms with Crippen molar-refractivity contribution in [3.63, 3.8) is 0 Å². The van der Waals surface area contributed by atoms with E-state index in [-0.39, 0.29) is 5.91 Å². The molecule has 0 radical (unpaired) electrons. The summed E-state index contributed by atoms with van der Waals surface area (Å²) < 4.78 is 8.64. The minimum absolute atomic E-state index is 0.0197. The number of amides is 1. The molecule has 7 rings (SSSR count). The van der Waals surface area contributed by atoms with Crippen LogP contribution in [-0.4, -0.2) is 54.5 Å². The standard InChI is InChI=1S/C34H35N9O2/c1-41-20-26(18-38-41)24-14-30(34-25(15-35)17-39-42(34)21-24)23-7-9-31(36-16-23)43-28-4-3-5-29(43)13-22(12-28)6-10-32(44)40-27-8-11-33(45-2)37-19-27/h7-9,11,14,16-22,28-29H,3-6,10,12-13H2,1-2H3,(H,40,44). The number of nitrogens with one attached hydrogen (secondary N) is 1. The summed E-state index contributed by atoms with van der Waals surface area (Å²) in [5, 5.41) is 21.6. The number of fused-ring (bicyclic) bond motifs is 3. The van der Waals surface area contributed by atoms with Crippen LogP contribution in [0.2, 0.25) is 0 Å². The van der Waals surface area contributed by atoms with Gasteiger partial charge >= 0.3 is 0 Å². The highest BCUT2D eigenvalue weighted by Gasteiger charge is 2.38. The summed E-state index contributed by atoms with van der Waals surface area (Å²) in [5.74, 6) is 2.04. The molecule has 11 nitrogen and oxygen atoms in total. The quantitative estimate of drug-likeness (QED) is 0.243. The lowest BCUT2D eigenvalue weighted by atomic mass is 9.76. The zero-order chi connectivity index (χ0) is 30.9. The summed E-state index contributed by atoms with van der Waals surface area (Å²) in [5.41, 5.74) is 5.76. The van der Waals surface area contributed by atoms with Crippen LogP contribution in [0, 0.1) is 17.2 Å². The first kappa shape index (κ1) is 28.5. The normalized spacial score (nSPS) is 19.3. The van der Waals surface area contributed by atoms with Gasteiger partial charge in [-0.15, -0.1) is 0 Å². The van der Waals surface area contributed by atoms with Crippen LogP contribution in [0.5, 0.6) is 5.88 Å². The van der Waals surface area contributed by atoms with E-state index < -0.39 is 0 Å². The van der Waals surface area contributed by atoms with E-state index in [1.54, 1.807) is 34.8 Å². The second-order valence-corrected chi connectivity index (χ2v) is 12.1. The average molecular weight is 602 g/mol. The zero-order valence-electron chi connectivity index (χ0n) is 25.4. The number of hydrogen-bond acceptors (Lipinski definition) is 8. The highest BCUT2D eigenvalue weighted by molar-refractivity contribution is 5.90. The Morgan fingerprint density at radius 3 is 2.51 bits per heavy atom. The van der Waals surface area contributed by atoms with Crippen molar-refractivity contribution in [1.82, 2.24) is 29.4 Å². The third kappa shape index (κ3) is 5.71. The number of ether oxygens (including phenoxy) is 1. The summed E-state index contributed by atoms with van der Waals surface area (Å²) in [6.07, 6.45) is 17.9. The Bertz CT molecular complexity index is 1860. The van der Waals surface area contributed by atoms with Crippen molar-refractivity contribution in [2.45, 2.75) is 57.0 Å². The Kier molecular flexibility index (Phi) is 7.63. The smallest absolute Gasteiger partial charge is 0.224 e. The van der Waals surface area contributed by atoms with Gasteiger partial charge in [-0.05, 0) is 68.7 Å². The Morgan fingerprint density at radius 2 is 1.84 bits per heavy atom. The van der Waals surface area contributed by atoms with Gasteiger partial charge in [0.2, 0.25) is 11.8 Å². The molecule has 228 valence electrons. The van der Waals surface area contributed by atoms with Gasteiger partial charge in [-0.1, -0.05) is 0 Å². The van der Waals surface area contributed by atoms with E-state index in [1.807, 2.05) is 37.9 Å². The van der Waals surface area contributed by atoms with Crippen LogP contribution >= 0.6 is 0 Å². The monoisotopic (exact) mass is 601 g/mol. The number of anilines is 2. The molecule has 2 aliphatic rings. The van der Waals surface area contributed by atoms with E-state index in [9.17, 15) is 10.1 Å². The molecule has 1 N–H and O–H groups in total. The zero-order valence-corrected chi connectivity index (χ0v) is 25.4. The van der Waals surface area contributed by atoms with Crippen LogP contribution in [-0.2, 0) is 11.8 Å². The fourth-order valence-electron chi connectivity index (χ4n) is 7.09. The lowest BCUT2D eigenvalue weighted by Crippen LogP contribution is -2.52. The minimum atomic E-state index is 0.0197. The summed E-state index contributed by atoms with van der Waals surface area (Å²) in [4.78, 5) is 24.4. The summed E-state index contributed by atoms with van der Waals surface area (Å²) in [7, 11) is 3.46. The number of piperidine rings is 2.